The summed E-state index contributed by atoms with van der Waals surface area (Å²) >= 11 is 6.85. The summed E-state index contributed by atoms with van der Waals surface area (Å²) in [5.41, 5.74) is 3.22. The molecule has 4 unspecified atom stereocenters. The Bertz CT molecular complexity index is 2060. The minimum atomic E-state index is -1.35. The van der Waals surface area contributed by atoms with Gasteiger partial charge >= 0.3 is 0 Å². The van der Waals surface area contributed by atoms with Gasteiger partial charge in [0.2, 0.25) is 0 Å². The van der Waals surface area contributed by atoms with Crippen molar-refractivity contribution in [1.29, 1.82) is 0 Å². The zero-order valence-electron chi connectivity index (χ0n) is 28.5. The third-order valence-corrected chi connectivity index (χ3v) is 9.18. The molecular formula is C36H40Br2N8O6. The van der Waals surface area contributed by atoms with Gasteiger partial charge < -0.3 is 44.8 Å². The van der Waals surface area contributed by atoms with Crippen molar-refractivity contribution in [3.8, 4) is 34.3 Å². The number of methoxy groups -OCH3 is 1. The number of halogens is 2. The van der Waals surface area contributed by atoms with Crippen molar-refractivity contribution >= 4 is 54.2 Å². The molecule has 0 aliphatic carbocycles. The lowest BCUT2D eigenvalue weighted by Gasteiger charge is -2.39. The number of imidazole rings is 2. The van der Waals surface area contributed by atoms with E-state index in [9.17, 15) is 15.3 Å². The first-order valence-corrected chi connectivity index (χ1v) is 18.2. The lowest BCUT2D eigenvalue weighted by molar-refractivity contribution is -0.0972. The van der Waals surface area contributed by atoms with E-state index in [0.29, 0.717) is 47.6 Å². The average Bonchev–Trinajstić information content (AvgIpc) is 3.75. The van der Waals surface area contributed by atoms with Crippen LogP contribution >= 0.6 is 31.9 Å². The number of rotatable bonds is 18. The third kappa shape index (κ3) is 9.50. The number of ether oxygens (including phenoxy) is 3. The van der Waals surface area contributed by atoms with Crippen LogP contribution in [-0.2, 0) is 4.74 Å². The second-order valence-electron chi connectivity index (χ2n) is 12.3. The van der Waals surface area contributed by atoms with E-state index in [0.717, 1.165) is 31.1 Å². The number of aliphatic hydroxyl groups is 3. The highest BCUT2D eigenvalue weighted by atomic mass is 79.9. The highest BCUT2D eigenvalue weighted by Gasteiger charge is 2.39. The molecule has 0 radical (unpaired) electrons. The van der Waals surface area contributed by atoms with Gasteiger partial charge in [0.05, 0.1) is 23.7 Å². The Morgan fingerprint density at radius 2 is 1.33 bits per heavy atom. The molecule has 0 saturated heterocycles. The van der Waals surface area contributed by atoms with Crippen LogP contribution in [0.3, 0.4) is 0 Å². The summed E-state index contributed by atoms with van der Waals surface area (Å²) in [4.78, 5) is 24.3. The largest absolute Gasteiger partial charge is 0.491 e. The maximum atomic E-state index is 11.1. The molecule has 0 amide bonds. The molecule has 6 rings (SSSR count). The van der Waals surface area contributed by atoms with Gasteiger partial charge in [-0.25, -0.2) is 19.9 Å². The third-order valence-electron chi connectivity index (χ3n) is 8.31. The molecule has 2 aromatic carbocycles. The summed E-state index contributed by atoms with van der Waals surface area (Å²) in [6.07, 6.45) is 0.627. The van der Waals surface area contributed by atoms with E-state index < -0.39 is 24.0 Å². The molecule has 16 heteroatoms. The second kappa shape index (κ2) is 17.2. The molecule has 0 fully saturated rings. The molecule has 7 N–H and O–H groups in total. The molecule has 0 spiro atoms. The van der Waals surface area contributed by atoms with Crippen LogP contribution in [0.1, 0.15) is 13.3 Å². The number of fused-ring (bicyclic) bond motifs is 2. The molecule has 14 nitrogen and oxygen atoms in total. The number of hydrogen-bond donors (Lipinski definition) is 7. The number of aromatic nitrogens is 6. The molecule has 0 bridgehead atoms. The first-order chi connectivity index (χ1) is 25.1. The van der Waals surface area contributed by atoms with E-state index in [-0.39, 0.29) is 26.1 Å². The SMILES string of the molecule is COCCNC(CC(O)CNCC(O)COc1ccc(-c2nc3ncc(Br)cc3[nH]2)cc1)(Oc1ccc(-c2nc3ncc(Br)cc3[nH]2)cc1)C(C)O. The number of benzene rings is 2. The summed E-state index contributed by atoms with van der Waals surface area (Å²) in [6, 6.07) is 18.5. The van der Waals surface area contributed by atoms with E-state index in [1.54, 1.807) is 38.6 Å². The van der Waals surface area contributed by atoms with Crippen LogP contribution in [0.5, 0.6) is 11.5 Å². The summed E-state index contributed by atoms with van der Waals surface area (Å²) in [6.45, 7) is 2.69. The van der Waals surface area contributed by atoms with Gasteiger partial charge in [0.25, 0.3) is 0 Å². The minimum Gasteiger partial charge on any atom is -0.491 e. The van der Waals surface area contributed by atoms with Gasteiger partial charge in [-0.3, -0.25) is 5.32 Å². The second-order valence-corrected chi connectivity index (χ2v) is 14.2. The lowest BCUT2D eigenvalue weighted by Crippen LogP contribution is -2.61. The van der Waals surface area contributed by atoms with Crippen molar-refractivity contribution < 1.29 is 29.5 Å². The zero-order valence-corrected chi connectivity index (χ0v) is 31.7. The quantitative estimate of drug-likeness (QED) is 0.0472. The first kappa shape index (κ1) is 37.7. The minimum absolute atomic E-state index is 0.0325. The smallest absolute Gasteiger partial charge is 0.189 e. The fourth-order valence-corrected chi connectivity index (χ4v) is 6.29. The number of nitrogens with one attached hydrogen (secondary N) is 4. The first-order valence-electron chi connectivity index (χ1n) is 16.6. The van der Waals surface area contributed by atoms with Crippen molar-refractivity contribution in [2.24, 2.45) is 0 Å². The highest BCUT2D eigenvalue weighted by Crippen LogP contribution is 2.28. The van der Waals surface area contributed by atoms with Crippen LogP contribution in [0.4, 0.5) is 0 Å². The standard InChI is InChI=1S/C36H40Br2N8O6/c1-21(47)36(42-11-12-50-2,52-29-9-5-23(6-10-29)33-44-31-14-25(38)17-41-35(31)46-33)15-26(48)18-39-19-27(49)20-51-28-7-3-22(4-8-28)32-43-30-13-24(37)16-40-34(30)45-32/h3-10,13-14,16-17,21,26-27,39,42,47-49H,11-12,15,18-20H2,1-2H3,(H,40,43,45)(H,41,44,46). The van der Waals surface area contributed by atoms with Crippen molar-refractivity contribution in [3.63, 3.8) is 0 Å². The number of pyridine rings is 2. The van der Waals surface area contributed by atoms with Gasteiger partial charge in [0, 0.05) is 65.6 Å². The molecule has 0 aliphatic heterocycles. The van der Waals surface area contributed by atoms with Crippen molar-refractivity contribution in [3.05, 3.63) is 82.0 Å². The molecule has 4 atom stereocenters. The summed E-state index contributed by atoms with van der Waals surface area (Å²) < 4.78 is 19.1. The molecule has 6 aromatic rings. The molecule has 274 valence electrons. The molecule has 0 aliphatic rings. The van der Waals surface area contributed by atoms with Gasteiger partial charge in [0.1, 0.15) is 42.0 Å². The van der Waals surface area contributed by atoms with Crippen LogP contribution < -0.4 is 20.1 Å². The lowest BCUT2D eigenvalue weighted by atomic mass is 9.98. The van der Waals surface area contributed by atoms with Gasteiger partial charge in [-0.2, -0.15) is 0 Å². The van der Waals surface area contributed by atoms with Gasteiger partial charge in [-0.1, -0.05) is 0 Å². The zero-order chi connectivity index (χ0) is 36.7. The molecule has 4 aromatic heterocycles. The Morgan fingerprint density at radius 1 is 0.788 bits per heavy atom. The van der Waals surface area contributed by atoms with Crippen molar-refractivity contribution in [2.75, 3.05) is 40.0 Å². The molecule has 52 heavy (non-hydrogen) atoms. The number of hydrogen-bond acceptors (Lipinski definition) is 12. The number of nitrogens with zero attached hydrogens (tertiary/aromatic N) is 4. The highest BCUT2D eigenvalue weighted by molar-refractivity contribution is 9.10. The molecule has 0 saturated carbocycles. The van der Waals surface area contributed by atoms with E-state index in [4.69, 9.17) is 14.2 Å². The van der Waals surface area contributed by atoms with Crippen LogP contribution in [0.25, 0.3) is 45.1 Å². The molecular weight excluding hydrogens is 800 g/mol. The number of H-pyrrole nitrogens is 2. The maximum Gasteiger partial charge on any atom is 0.189 e. The molecule has 4 heterocycles. The predicted octanol–water partition coefficient (Wildman–Crippen LogP) is 4.56. The Labute approximate surface area is 316 Å². The van der Waals surface area contributed by atoms with Crippen molar-refractivity contribution in [2.45, 2.75) is 37.4 Å². The van der Waals surface area contributed by atoms with Gasteiger partial charge in [-0.15, -0.1) is 0 Å². The van der Waals surface area contributed by atoms with Gasteiger partial charge in [-0.05, 0) is 99.4 Å². The summed E-state index contributed by atoms with van der Waals surface area (Å²) in [5.74, 6) is 2.43. The van der Waals surface area contributed by atoms with Crippen molar-refractivity contribution in [1.82, 2.24) is 40.5 Å². The predicted molar refractivity (Wildman–Crippen MR) is 204 cm³/mol. The van der Waals surface area contributed by atoms with Crippen LogP contribution in [-0.4, -0.2) is 109 Å². The Hall–Kier alpha value is -4.00. The average molecular weight is 841 g/mol. The van der Waals surface area contributed by atoms with Crippen LogP contribution in [0.2, 0.25) is 0 Å². The van der Waals surface area contributed by atoms with E-state index in [1.165, 1.54) is 0 Å². The van der Waals surface area contributed by atoms with E-state index in [1.807, 2.05) is 48.5 Å². The van der Waals surface area contributed by atoms with Crippen LogP contribution in [0, 0.1) is 0 Å². The monoisotopic (exact) mass is 838 g/mol. The summed E-state index contributed by atoms with van der Waals surface area (Å²) in [7, 11) is 1.58. The Balaban J connectivity index is 1.01. The Morgan fingerprint density at radius 3 is 1.87 bits per heavy atom. The normalized spacial score (nSPS) is 14.7. The topological polar surface area (TPSA) is 196 Å². The fourth-order valence-electron chi connectivity index (χ4n) is 5.63. The summed E-state index contributed by atoms with van der Waals surface area (Å²) in [5, 5.41) is 39.0. The Kier molecular flexibility index (Phi) is 12.5. The van der Waals surface area contributed by atoms with Gasteiger partial charge in [0.15, 0.2) is 17.0 Å². The van der Waals surface area contributed by atoms with Crippen LogP contribution in [0.15, 0.2) is 82.0 Å². The van der Waals surface area contributed by atoms with E-state index in [2.05, 4.69) is 72.4 Å². The fraction of sp³-hybridized carbons (Fsp3) is 0.333. The van der Waals surface area contributed by atoms with E-state index >= 15 is 0 Å². The number of aliphatic hydroxyl groups excluding tert-OH is 3. The number of aromatic amines is 2. The maximum absolute atomic E-state index is 11.1.